The molecule has 1 fully saturated rings. The van der Waals surface area contributed by atoms with Crippen LogP contribution in [0.25, 0.3) is 0 Å². The smallest absolute Gasteiger partial charge is 0.301 e. The van der Waals surface area contributed by atoms with E-state index in [0.717, 1.165) is 36.9 Å². The van der Waals surface area contributed by atoms with Crippen molar-refractivity contribution in [2.75, 3.05) is 13.1 Å². The number of nitrogens with one attached hydrogen (secondary N) is 1. The van der Waals surface area contributed by atoms with Crippen molar-refractivity contribution in [3.63, 3.8) is 0 Å². The van der Waals surface area contributed by atoms with Crippen LogP contribution in [-0.2, 0) is 6.54 Å². The molecule has 0 spiro atoms. The summed E-state index contributed by atoms with van der Waals surface area (Å²) in [5.41, 5.74) is 2.96. The molecule has 3 N–H and O–H groups in total. The van der Waals surface area contributed by atoms with Gasteiger partial charge in [0.2, 0.25) is 0 Å². The lowest BCUT2D eigenvalue weighted by molar-refractivity contribution is 0.0921. The predicted octanol–water partition coefficient (Wildman–Crippen LogP) is 2.59. The van der Waals surface area contributed by atoms with Crippen molar-refractivity contribution < 1.29 is 9.21 Å². The molecular weight excluding hydrogens is 266 g/mol. The average molecular weight is 293 g/mol. The van der Waals surface area contributed by atoms with Crippen LogP contribution in [0.3, 0.4) is 0 Å². The van der Waals surface area contributed by atoms with E-state index in [1.165, 1.54) is 32.1 Å². The number of carbonyl (C=O) groups excluding carboxylic acids is 1. The Morgan fingerprint density at radius 3 is 3.00 bits per heavy atom. The maximum absolute atomic E-state index is 11.6. The SMILES string of the molecule is CCCC1CCCN(Cc2cc(C)c(C(=O)NN)o2)CC1. The van der Waals surface area contributed by atoms with Crippen LogP contribution in [0.1, 0.15) is 60.9 Å². The Balaban J connectivity index is 1.94. The molecule has 1 amide bonds. The van der Waals surface area contributed by atoms with Gasteiger partial charge in [-0.15, -0.1) is 0 Å². The number of furan rings is 1. The van der Waals surface area contributed by atoms with Crippen LogP contribution in [0.5, 0.6) is 0 Å². The zero-order valence-corrected chi connectivity index (χ0v) is 13.2. The number of aryl methyl sites for hydroxylation is 1. The van der Waals surface area contributed by atoms with E-state index in [1.54, 1.807) is 0 Å². The molecule has 21 heavy (non-hydrogen) atoms. The molecule has 0 radical (unpaired) electrons. The van der Waals surface area contributed by atoms with Gasteiger partial charge in [-0.1, -0.05) is 19.8 Å². The molecule has 0 saturated carbocycles. The second kappa shape index (κ2) is 7.61. The molecule has 1 aromatic heterocycles. The van der Waals surface area contributed by atoms with Crippen LogP contribution < -0.4 is 11.3 Å². The summed E-state index contributed by atoms with van der Waals surface area (Å²) in [4.78, 5) is 14.0. The molecule has 1 aromatic rings. The minimum absolute atomic E-state index is 0.325. The van der Waals surface area contributed by atoms with Gasteiger partial charge in [-0.25, -0.2) is 5.84 Å². The number of hydrogen-bond donors (Lipinski definition) is 2. The highest BCUT2D eigenvalue weighted by Gasteiger charge is 2.19. The van der Waals surface area contributed by atoms with Crippen molar-refractivity contribution in [3.8, 4) is 0 Å². The molecule has 1 unspecified atom stereocenters. The first-order valence-corrected chi connectivity index (χ1v) is 7.96. The number of nitrogens with two attached hydrogens (primary N) is 1. The Hall–Kier alpha value is -1.33. The van der Waals surface area contributed by atoms with Gasteiger partial charge < -0.3 is 4.42 Å². The van der Waals surface area contributed by atoms with Crippen molar-refractivity contribution in [3.05, 3.63) is 23.2 Å². The van der Waals surface area contributed by atoms with E-state index in [4.69, 9.17) is 10.3 Å². The second-order valence-electron chi connectivity index (χ2n) is 6.06. The molecule has 5 nitrogen and oxygen atoms in total. The van der Waals surface area contributed by atoms with E-state index in [9.17, 15) is 4.79 Å². The van der Waals surface area contributed by atoms with Gasteiger partial charge in [0.1, 0.15) is 5.76 Å². The van der Waals surface area contributed by atoms with Crippen molar-refractivity contribution in [1.29, 1.82) is 0 Å². The maximum Gasteiger partial charge on any atom is 0.301 e. The third kappa shape index (κ3) is 4.32. The van der Waals surface area contributed by atoms with Gasteiger partial charge in [0.25, 0.3) is 0 Å². The molecule has 1 saturated heterocycles. The first-order chi connectivity index (χ1) is 10.1. The van der Waals surface area contributed by atoms with Crippen LogP contribution in [0.4, 0.5) is 0 Å². The Morgan fingerprint density at radius 2 is 2.29 bits per heavy atom. The molecule has 5 heteroatoms. The fraction of sp³-hybridized carbons (Fsp3) is 0.688. The number of amides is 1. The lowest BCUT2D eigenvalue weighted by Gasteiger charge is -2.18. The van der Waals surface area contributed by atoms with Crippen LogP contribution in [-0.4, -0.2) is 23.9 Å². The molecular formula is C16H27N3O2. The summed E-state index contributed by atoms with van der Waals surface area (Å²) in [5.74, 6) is 6.84. The number of carbonyl (C=O) groups is 1. The van der Waals surface area contributed by atoms with Crippen LogP contribution in [0.2, 0.25) is 0 Å². The minimum Gasteiger partial charge on any atom is -0.454 e. The lowest BCUT2D eigenvalue weighted by atomic mass is 9.96. The Morgan fingerprint density at radius 1 is 1.48 bits per heavy atom. The van der Waals surface area contributed by atoms with Gasteiger partial charge >= 0.3 is 5.91 Å². The fourth-order valence-corrected chi connectivity index (χ4v) is 3.22. The van der Waals surface area contributed by atoms with Gasteiger partial charge in [-0.05, 0) is 51.3 Å². The van der Waals surface area contributed by atoms with Gasteiger partial charge in [0, 0.05) is 5.56 Å². The summed E-state index contributed by atoms with van der Waals surface area (Å²) in [6.45, 7) is 7.13. The van der Waals surface area contributed by atoms with Crippen LogP contribution in [0.15, 0.2) is 10.5 Å². The first kappa shape index (κ1) is 16.0. The summed E-state index contributed by atoms with van der Waals surface area (Å²) in [5, 5.41) is 0. The quantitative estimate of drug-likeness (QED) is 0.497. The molecule has 0 aromatic carbocycles. The lowest BCUT2D eigenvalue weighted by Crippen LogP contribution is -2.30. The van der Waals surface area contributed by atoms with E-state index >= 15 is 0 Å². The molecule has 118 valence electrons. The standard InChI is InChI=1S/C16H27N3O2/c1-3-5-13-6-4-8-19(9-7-13)11-14-10-12(2)15(21-14)16(20)18-17/h10,13H,3-9,11,17H2,1-2H3,(H,18,20). The fourth-order valence-electron chi connectivity index (χ4n) is 3.22. The van der Waals surface area contributed by atoms with Crippen LogP contribution in [0, 0.1) is 12.8 Å². The van der Waals surface area contributed by atoms with Gasteiger partial charge in [-0.3, -0.25) is 15.1 Å². The molecule has 1 atom stereocenters. The maximum atomic E-state index is 11.6. The van der Waals surface area contributed by atoms with Crippen molar-refractivity contribution >= 4 is 5.91 Å². The van der Waals surface area contributed by atoms with Crippen LogP contribution >= 0.6 is 0 Å². The summed E-state index contributed by atoms with van der Waals surface area (Å²) in [7, 11) is 0. The summed E-state index contributed by atoms with van der Waals surface area (Å²) in [6, 6.07) is 1.94. The monoisotopic (exact) mass is 293 g/mol. The zero-order valence-electron chi connectivity index (χ0n) is 13.2. The summed E-state index contributed by atoms with van der Waals surface area (Å²) < 4.78 is 5.65. The number of hydrazine groups is 1. The Kier molecular flexibility index (Phi) is 5.82. The van der Waals surface area contributed by atoms with Crippen molar-refractivity contribution in [2.24, 2.45) is 11.8 Å². The Bertz CT molecular complexity index is 470. The van der Waals surface area contributed by atoms with Gasteiger partial charge in [0.05, 0.1) is 6.54 Å². The van der Waals surface area contributed by atoms with Crippen molar-refractivity contribution in [2.45, 2.75) is 52.5 Å². The second-order valence-corrected chi connectivity index (χ2v) is 6.06. The topological polar surface area (TPSA) is 71.5 Å². The number of rotatable bonds is 5. The van der Waals surface area contributed by atoms with E-state index < -0.39 is 0 Å². The van der Waals surface area contributed by atoms with Crippen molar-refractivity contribution in [1.82, 2.24) is 10.3 Å². The third-order valence-electron chi connectivity index (χ3n) is 4.32. The van der Waals surface area contributed by atoms with E-state index in [0.29, 0.717) is 5.76 Å². The highest BCUT2D eigenvalue weighted by atomic mass is 16.4. The van der Waals surface area contributed by atoms with Gasteiger partial charge in [0.15, 0.2) is 5.76 Å². The number of hydrogen-bond acceptors (Lipinski definition) is 4. The molecule has 2 heterocycles. The number of likely N-dealkylation sites (tertiary alicyclic amines) is 1. The number of nitrogens with zero attached hydrogens (tertiary/aromatic N) is 1. The zero-order chi connectivity index (χ0) is 15.2. The summed E-state index contributed by atoms with van der Waals surface area (Å²) in [6.07, 6.45) is 6.47. The largest absolute Gasteiger partial charge is 0.454 e. The molecule has 1 aliphatic rings. The highest BCUT2D eigenvalue weighted by Crippen LogP contribution is 2.24. The molecule has 0 aliphatic carbocycles. The highest BCUT2D eigenvalue weighted by molar-refractivity contribution is 5.92. The van der Waals surface area contributed by atoms with E-state index in [1.807, 2.05) is 13.0 Å². The molecule has 0 bridgehead atoms. The molecule has 1 aliphatic heterocycles. The predicted molar refractivity (Wildman–Crippen MR) is 82.6 cm³/mol. The minimum atomic E-state index is -0.363. The number of nitrogen functional groups attached to an aromatic ring is 1. The first-order valence-electron chi connectivity index (χ1n) is 7.96. The molecule has 2 rings (SSSR count). The van der Waals surface area contributed by atoms with Gasteiger partial charge in [-0.2, -0.15) is 0 Å². The van der Waals surface area contributed by atoms with E-state index in [2.05, 4.69) is 17.2 Å². The summed E-state index contributed by atoms with van der Waals surface area (Å²) >= 11 is 0. The Labute approximate surface area is 126 Å². The third-order valence-corrected chi connectivity index (χ3v) is 4.32. The average Bonchev–Trinajstić information content (AvgIpc) is 2.69. The van der Waals surface area contributed by atoms with E-state index in [-0.39, 0.29) is 5.91 Å². The normalized spacial score (nSPS) is 20.2.